The number of rotatable bonds is 21. The van der Waals surface area contributed by atoms with E-state index in [2.05, 4.69) is 21.3 Å². The molecule has 0 fully saturated rings. The third kappa shape index (κ3) is 14.1. The Kier molecular flexibility index (Phi) is 16.5. The van der Waals surface area contributed by atoms with Crippen molar-refractivity contribution >= 4 is 11.8 Å². The van der Waals surface area contributed by atoms with Gasteiger partial charge in [-0.2, -0.15) is 0 Å². The van der Waals surface area contributed by atoms with E-state index in [-0.39, 0.29) is 11.8 Å². The van der Waals surface area contributed by atoms with Crippen LogP contribution < -0.4 is 31.7 Å². The minimum Gasteiger partial charge on any atom is -0.489 e. The highest BCUT2D eigenvalue weighted by atomic mass is 16.5. The van der Waals surface area contributed by atoms with Crippen LogP contribution in [-0.2, 0) is 22.6 Å². The summed E-state index contributed by atoms with van der Waals surface area (Å²) in [5, 5.41) is 12.7. The summed E-state index contributed by atoms with van der Waals surface area (Å²) in [6.07, 6.45) is 5.67. The first-order chi connectivity index (χ1) is 18.6. The Morgan fingerprint density at radius 3 is 2.13 bits per heavy atom. The number of benzene rings is 2. The van der Waals surface area contributed by atoms with Crippen molar-refractivity contribution < 1.29 is 14.3 Å². The van der Waals surface area contributed by atoms with Crippen molar-refractivity contribution in [1.82, 2.24) is 21.3 Å². The molecule has 0 aliphatic rings. The molecular weight excluding hydrogens is 478 g/mol. The van der Waals surface area contributed by atoms with E-state index in [1.165, 1.54) is 0 Å². The quantitative estimate of drug-likeness (QED) is 0.160. The number of hydrogen-bond donors (Lipinski definition) is 5. The smallest absolute Gasteiger partial charge is 0.242 e. The molecule has 0 bridgehead atoms. The van der Waals surface area contributed by atoms with Crippen LogP contribution in [0.3, 0.4) is 0 Å². The molecule has 0 aromatic heterocycles. The zero-order chi connectivity index (χ0) is 27.3. The molecule has 2 aromatic rings. The first kappa shape index (κ1) is 31.3. The minimum atomic E-state index is -0.607. The van der Waals surface area contributed by atoms with E-state index in [0.29, 0.717) is 26.0 Å². The molecular formula is C30H47N5O3. The summed E-state index contributed by atoms with van der Waals surface area (Å²) >= 11 is 0. The minimum absolute atomic E-state index is 0.102. The van der Waals surface area contributed by atoms with Gasteiger partial charge in [-0.05, 0) is 88.1 Å². The number of carbonyl (C=O) groups excluding carboxylic acids is 2. The van der Waals surface area contributed by atoms with Gasteiger partial charge in [-0.1, -0.05) is 49.4 Å². The Labute approximate surface area is 228 Å². The van der Waals surface area contributed by atoms with E-state index in [1.54, 1.807) is 0 Å². The molecule has 38 heavy (non-hydrogen) atoms. The number of amides is 2. The van der Waals surface area contributed by atoms with Crippen LogP contribution in [0, 0.1) is 0 Å². The normalized spacial score (nSPS) is 11.6. The predicted molar refractivity (Wildman–Crippen MR) is 154 cm³/mol. The maximum Gasteiger partial charge on any atom is 0.242 e. The van der Waals surface area contributed by atoms with Crippen molar-refractivity contribution in [2.75, 3.05) is 39.3 Å². The molecule has 0 heterocycles. The highest BCUT2D eigenvalue weighted by Gasteiger charge is 2.20. The lowest BCUT2D eigenvalue weighted by atomic mass is 10.0. The number of unbranched alkanes of at least 4 members (excludes halogenated alkanes) is 1. The molecule has 210 valence electrons. The molecule has 6 N–H and O–H groups in total. The predicted octanol–water partition coefficient (Wildman–Crippen LogP) is 2.91. The van der Waals surface area contributed by atoms with Crippen molar-refractivity contribution in [2.45, 2.75) is 64.5 Å². The average molecular weight is 526 g/mol. The Morgan fingerprint density at radius 2 is 1.47 bits per heavy atom. The summed E-state index contributed by atoms with van der Waals surface area (Å²) in [6, 6.07) is 17.1. The average Bonchev–Trinajstić information content (AvgIpc) is 2.93. The van der Waals surface area contributed by atoms with Crippen LogP contribution in [0.4, 0.5) is 0 Å². The number of carbonyl (C=O) groups is 2. The van der Waals surface area contributed by atoms with E-state index in [4.69, 9.17) is 10.5 Å². The van der Waals surface area contributed by atoms with Gasteiger partial charge < -0.3 is 31.7 Å². The second-order valence-corrected chi connectivity index (χ2v) is 9.49. The van der Waals surface area contributed by atoms with E-state index >= 15 is 0 Å². The van der Waals surface area contributed by atoms with Gasteiger partial charge >= 0.3 is 0 Å². The summed E-state index contributed by atoms with van der Waals surface area (Å²) in [5.41, 5.74) is 7.55. The van der Waals surface area contributed by atoms with Gasteiger partial charge in [-0.25, -0.2) is 0 Å². The van der Waals surface area contributed by atoms with Crippen LogP contribution in [0.1, 0.15) is 56.6 Å². The standard InChI is InChI=1S/C30H47N5O3/c1-2-10-29(36)35-28(30(37)34-22-9-21-33-19-7-6-18-32-20-8-17-31)23-25-13-15-27(16-14-25)38-24-26-11-4-3-5-12-26/h3-5,11-16,28,32-33H,2,6-10,17-24,31H2,1H3,(H,34,37)(H,35,36)/t28-/m0/s1. The van der Waals surface area contributed by atoms with Gasteiger partial charge in [0.05, 0.1) is 0 Å². The second-order valence-electron chi connectivity index (χ2n) is 9.49. The van der Waals surface area contributed by atoms with Crippen LogP contribution in [0.25, 0.3) is 0 Å². The molecule has 0 aliphatic carbocycles. The second kappa shape index (κ2) is 20.1. The zero-order valence-corrected chi connectivity index (χ0v) is 23.0. The Bertz CT molecular complexity index is 893. The number of nitrogens with one attached hydrogen (secondary N) is 4. The fourth-order valence-electron chi connectivity index (χ4n) is 3.93. The van der Waals surface area contributed by atoms with Gasteiger partial charge in [0.15, 0.2) is 0 Å². The summed E-state index contributed by atoms with van der Waals surface area (Å²) in [4.78, 5) is 25.2. The third-order valence-electron chi connectivity index (χ3n) is 6.08. The van der Waals surface area contributed by atoms with Crippen molar-refractivity contribution in [3.05, 3.63) is 65.7 Å². The Hall–Kier alpha value is -2.94. The van der Waals surface area contributed by atoms with Crippen LogP contribution in [0.2, 0.25) is 0 Å². The topological polar surface area (TPSA) is 118 Å². The van der Waals surface area contributed by atoms with E-state index < -0.39 is 6.04 Å². The van der Waals surface area contributed by atoms with Crippen LogP contribution in [0.15, 0.2) is 54.6 Å². The molecule has 0 spiro atoms. The maximum atomic E-state index is 12.9. The molecule has 0 saturated heterocycles. The summed E-state index contributed by atoms with van der Waals surface area (Å²) in [7, 11) is 0. The van der Waals surface area contributed by atoms with E-state index in [1.807, 2.05) is 61.5 Å². The van der Waals surface area contributed by atoms with Gasteiger partial charge in [-0.15, -0.1) is 0 Å². The molecule has 0 unspecified atom stereocenters. The van der Waals surface area contributed by atoms with Crippen LogP contribution in [-0.4, -0.2) is 57.1 Å². The van der Waals surface area contributed by atoms with Gasteiger partial charge in [0, 0.05) is 19.4 Å². The van der Waals surface area contributed by atoms with Crippen molar-refractivity contribution in [1.29, 1.82) is 0 Å². The summed E-state index contributed by atoms with van der Waals surface area (Å²) in [6.45, 7) is 7.57. The Morgan fingerprint density at radius 1 is 0.816 bits per heavy atom. The number of nitrogens with two attached hydrogens (primary N) is 1. The van der Waals surface area contributed by atoms with E-state index in [0.717, 1.165) is 81.7 Å². The van der Waals surface area contributed by atoms with Crippen LogP contribution >= 0.6 is 0 Å². The molecule has 0 aliphatic heterocycles. The highest BCUT2D eigenvalue weighted by molar-refractivity contribution is 5.87. The number of ether oxygens (including phenoxy) is 1. The lowest BCUT2D eigenvalue weighted by Gasteiger charge is -2.19. The molecule has 0 saturated carbocycles. The molecule has 8 heteroatoms. The van der Waals surface area contributed by atoms with Gasteiger partial charge in [0.1, 0.15) is 18.4 Å². The summed E-state index contributed by atoms with van der Waals surface area (Å²) < 4.78 is 5.86. The van der Waals surface area contributed by atoms with Gasteiger partial charge in [-0.3, -0.25) is 9.59 Å². The Balaban J connectivity index is 1.71. The zero-order valence-electron chi connectivity index (χ0n) is 23.0. The third-order valence-corrected chi connectivity index (χ3v) is 6.08. The molecule has 8 nitrogen and oxygen atoms in total. The van der Waals surface area contributed by atoms with Crippen molar-refractivity contribution in [3.8, 4) is 5.75 Å². The molecule has 1 atom stereocenters. The van der Waals surface area contributed by atoms with Crippen molar-refractivity contribution in [3.63, 3.8) is 0 Å². The molecule has 0 radical (unpaired) electrons. The van der Waals surface area contributed by atoms with Gasteiger partial charge in [0.25, 0.3) is 0 Å². The molecule has 2 rings (SSSR count). The SMILES string of the molecule is CCCC(=O)N[C@@H](Cc1ccc(OCc2ccccc2)cc1)C(=O)NCCCNCCCCNCCCN. The van der Waals surface area contributed by atoms with Crippen molar-refractivity contribution in [2.24, 2.45) is 5.73 Å². The summed E-state index contributed by atoms with van der Waals surface area (Å²) in [5.74, 6) is 0.515. The molecule has 2 amide bonds. The lowest BCUT2D eigenvalue weighted by Crippen LogP contribution is -2.48. The first-order valence-electron chi connectivity index (χ1n) is 14.1. The molecule has 2 aromatic carbocycles. The number of hydrogen-bond acceptors (Lipinski definition) is 6. The highest BCUT2D eigenvalue weighted by Crippen LogP contribution is 2.15. The van der Waals surface area contributed by atoms with E-state index in [9.17, 15) is 9.59 Å². The fraction of sp³-hybridized carbons (Fsp3) is 0.533. The fourth-order valence-corrected chi connectivity index (χ4v) is 3.93. The largest absolute Gasteiger partial charge is 0.489 e. The van der Waals surface area contributed by atoms with Crippen LogP contribution in [0.5, 0.6) is 5.75 Å². The maximum absolute atomic E-state index is 12.9. The lowest BCUT2D eigenvalue weighted by molar-refractivity contribution is -0.129. The monoisotopic (exact) mass is 525 g/mol. The van der Waals surface area contributed by atoms with Gasteiger partial charge in [0.2, 0.25) is 11.8 Å². The first-order valence-corrected chi connectivity index (χ1v) is 14.1.